The lowest BCUT2D eigenvalue weighted by Crippen LogP contribution is -2.03. The van der Waals surface area contributed by atoms with Crippen LogP contribution in [0.15, 0.2) is 57.6 Å². The maximum Gasteiger partial charge on any atom is 0.220 e. The number of benzene rings is 2. The predicted octanol–water partition coefficient (Wildman–Crippen LogP) is 4.05. The molecule has 1 heterocycles. The zero-order chi connectivity index (χ0) is 15.0. The van der Waals surface area contributed by atoms with Crippen molar-refractivity contribution in [3.8, 4) is 5.75 Å². The molecule has 0 unspecified atom stereocenters. The van der Waals surface area contributed by atoms with Gasteiger partial charge in [0.2, 0.25) is 9.84 Å². The summed E-state index contributed by atoms with van der Waals surface area (Å²) < 4.78 is 31.6. The normalized spacial score (nSPS) is 11.7. The Morgan fingerprint density at radius 3 is 2.43 bits per heavy atom. The maximum atomic E-state index is 13.0. The molecule has 0 amide bonds. The van der Waals surface area contributed by atoms with Gasteiger partial charge in [0.1, 0.15) is 14.9 Å². The number of ether oxygens (including phenoxy) is 1. The van der Waals surface area contributed by atoms with Gasteiger partial charge in [-0.05, 0) is 30.5 Å². The van der Waals surface area contributed by atoms with Crippen LogP contribution in [0.1, 0.15) is 4.88 Å². The molecule has 5 heteroatoms. The number of thiophene rings is 1. The number of hydrogen-bond acceptors (Lipinski definition) is 4. The SMILES string of the molecule is COc1ccc2ccccc2c1S(=O)(=O)c1ccc(C)s1. The van der Waals surface area contributed by atoms with Gasteiger partial charge in [-0.1, -0.05) is 30.3 Å². The first-order valence-corrected chi connectivity index (χ1v) is 8.71. The predicted molar refractivity (Wildman–Crippen MR) is 85.0 cm³/mol. The van der Waals surface area contributed by atoms with Crippen LogP contribution in [0.5, 0.6) is 5.75 Å². The molecule has 0 radical (unpaired) electrons. The van der Waals surface area contributed by atoms with Crippen LogP contribution in [-0.2, 0) is 9.84 Å². The van der Waals surface area contributed by atoms with Crippen LogP contribution in [0.4, 0.5) is 0 Å². The second kappa shape index (κ2) is 5.16. The van der Waals surface area contributed by atoms with Crippen molar-refractivity contribution in [1.82, 2.24) is 0 Å². The highest BCUT2D eigenvalue weighted by Crippen LogP contribution is 2.37. The quantitative estimate of drug-likeness (QED) is 0.731. The smallest absolute Gasteiger partial charge is 0.220 e. The van der Waals surface area contributed by atoms with E-state index in [4.69, 9.17) is 4.74 Å². The Labute approximate surface area is 127 Å². The summed E-state index contributed by atoms with van der Waals surface area (Å²) in [6, 6.07) is 14.5. The molecule has 0 saturated heterocycles. The van der Waals surface area contributed by atoms with E-state index in [1.54, 1.807) is 12.1 Å². The molecule has 0 atom stereocenters. The van der Waals surface area contributed by atoms with E-state index >= 15 is 0 Å². The van der Waals surface area contributed by atoms with Gasteiger partial charge in [-0.2, -0.15) is 0 Å². The van der Waals surface area contributed by atoms with Crippen LogP contribution < -0.4 is 4.74 Å². The van der Waals surface area contributed by atoms with Gasteiger partial charge >= 0.3 is 0 Å². The summed E-state index contributed by atoms with van der Waals surface area (Å²) in [7, 11) is -2.11. The van der Waals surface area contributed by atoms with Crippen molar-refractivity contribution in [3.05, 3.63) is 53.4 Å². The van der Waals surface area contributed by atoms with Crippen molar-refractivity contribution in [1.29, 1.82) is 0 Å². The molecular weight excluding hydrogens is 304 g/mol. The number of rotatable bonds is 3. The molecule has 3 rings (SSSR count). The van der Waals surface area contributed by atoms with Gasteiger partial charge in [0, 0.05) is 10.3 Å². The van der Waals surface area contributed by atoms with Crippen molar-refractivity contribution in [3.63, 3.8) is 0 Å². The zero-order valence-corrected chi connectivity index (χ0v) is 13.3. The summed E-state index contributed by atoms with van der Waals surface area (Å²) in [6.07, 6.45) is 0. The van der Waals surface area contributed by atoms with E-state index in [1.807, 2.05) is 43.3 Å². The Morgan fingerprint density at radius 2 is 1.76 bits per heavy atom. The van der Waals surface area contributed by atoms with Crippen molar-refractivity contribution in [2.45, 2.75) is 16.0 Å². The third-order valence-electron chi connectivity index (χ3n) is 3.31. The topological polar surface area (TPSA) is 43.4 Å². The molecular formula is C16H14O3S2. The average molecular weight is 318 g/mol. The first-order valence-electron chi connectivity index (χ1n) is 6.41. The summed E-state index contributed by atoms with van der Waals surface area (Å²) in [5.74, 6) is 0.375. The van der Waals surface area contributed by atoms with Gasteiger partial charge in [-0.15, -0.1) is 11.3 Å². The molecule has 21 heavy (non-hydrogen) atoms. The van der Waals surface area contributed by atoms with E-state index in [0.717, 1.165) is 10.3 Å². The number of methoxy groups -OCH3 is 1. The van der Waals surface area contributed by atoms with E-state index in [-0.39, 0.29) is 4.90 Å². The molecule has 0 saturated carbocycles. The van der Waals surface area contributed by atoms with E-state index < -0.39 is 9.84 Å². The van der Waals surface area contributed by atoms with Crippen molar-refractivity contribution in [2.24, 2.45) is 0 Å². The Kier molecular flexibility index (Phi) is 3.47. The maximum absolute atomic E-state index is 13.0. The highest BCUT2D eigenvalue weighted by atomic mass is 32.2. The fraction of sp³-hybridized carbons (Fsp3) is 0.125. The van der Waals surface area contributed by atoms with E-state index in [9.17, 15) is 8.42 Å². The average Bonchev–Trinajstić information content (AvgIpc) is 2.93. The molecule has 0 aliphatic rings. The molecule has 0 spiro atoms. The van der Waals surface area contributed by atoms with Gasteiger partial charge in [-0.3, -0.25) is 0 Å². The molecule has 3 aromatic rings. The molecule has 0 aliphatic heterocycles. The minimum Gasteiger partial charge on any atom is -0.495 e. The van der Waals surface area contributed by atoms with Gasteiger partial charge in [-0.25, -0.2) is 8.42 Å². The van der Waals surface area contributed by atoms with Crippen LogP contribution in [0.25, 0.3) is 10.8 Å². The van der Waals surface area contributed by atoms with Crippen molar-refractivity contribution >= 4 is 31.9 Å². The molecule has 0 fully saturated rings. The summed E-state index contributed by atoms with van der Waals surface area (Å²) in [6.45, 7) is 1.89. The first-order chi connectivity index (χ1) is 10.0. The number of hydrogen-bond donors (Lipinski definition) is 0. The number of sulfone groups is 1. The minimum atomic E-state index is -3.59. The molecule has 3 nitrogen and oxygen atoms in total. The largest absolute Gasteiger partial charge is 0.495 e. The Bertz CT molecular complexity index is 908. The Balaban J connectivity index is 2.38. The molecule has 0 aliphatic carbocycles. The van der Waals surface area contributed by atoms with E-state index in [2.05, 4.69) is 0 Å². The standard InChI is InChI=1S/C16H14O3S2/c1-11-7-10-15(20-11)21(17,18)16-13-6-4-3-5-12(13)8-9-14(16)19-2/h3-10H,1-2H3. The summed E-state index contributed by atoms with van der Waals surface area (Å²) in [4.78, 5) is 1.21. The lowest BCUT2D eigenvalue weighted by molar-refractivity contribution is 0.404. The van der Waals surface area contributed by atoms with Gasteiger partial charge in [0.05, 0.1) is 7.11 Å². The van der Waals surface area contributed by atoms with E-state index in [1.165, 1.54) is 18.4 Å². The molecule has 108 valence electrons. The van der Waals surface area contributed by atoms with Gasteiger partial charge in [0.15, 0.2) is 0 Å². The molecule has 2 aromatic carbocycles. The first kappa shape index (κ1) is 14.1. The number of fused-ring (bicyclic) bond motifs is 1. The van der Waals surface area contributed by atoms with Crippen molar-refractivity contribution < 1.29 is 13.2 Å². The molecule has 0 N–H and O–H groups in total. The third kappa shape index (κ3) is 2.32. The van der Waals surface area contributed by atoms with Crippen molar-refractivity contribution in [2.75, 3.05) is 7.11 Å². The van der Waals surface area contributed by atoms with Crippen LogP contribution in [0, 0.1) is 6.92 Å². The lowest BCUT2D eigenvalue weighted by atomic mass is 10.1. The molecule has 1 aromatic heterocycles. The number of aryl methyl sites for hydroxylation is 1. The third-order valence-corrected chi connectivity index (χ3v) is 6.64. The lowest BCUT2D eigenvalue weighted by Gasteiger charge is -2.11. The second-order valence-electron chi connectivity index (χ2n) is 4.69. The molecule has 0 bridgehead atoms. The monoisotopic (exact) mass is 318 g/mol. The highest BCUT2D eigenvalue weighted by molar-refractivity contribution is 7.93. The van der Waals surface area contributed by atoms with Crippen LogP contribution >= 0.6 is 11.3 Å². The van der Waals surface area contributed by atoms with E-state index in [0.29, 0.717) is 15.3 Å². The van der Waals surface area contributed by atoms with Gasteiger partial charge < -0.3 is 4.74 Å². The Hall–Kier alpha value is -1.85. The highest BCUT2D eigenvalue weighted by Gasteiger charge is 2.26. The fourth-order valence-electron chi connectivity index (χ4n) is 2.32. The Morgan fingerprint density at radius 1 is 1.00 bits per heavy atom. The summed E-state index contributed by atoms with van der Waals surface area (Å²) in [5.41, 5.74) is 0. The summed E-state index contributed by atoms with van der Waals surface area (Å²) >= 11 is 1.27. The van der Waals surface area contributed by atoms with Gasteiger partial charge in [0.25, 0.3) is 0 Å². The summed E-state index contributed by atoms with van der Waals surface area (Å²) in [5, 5.41) is 1.56. The van der Waals surface area contributed by atoms with Crippen LogP contribution in [0.2, 0.25) is 0 Å². The minimum absolute atomic E-state index is 0.241. The fourth-order valence-corrected chi connectivity index (χ4v) is 5.33. The second-order valence-corrected chi connectivity index (χ2v) is 8.09. The van der Waals surface area contributed by atoms with Crippen LogP contribution in [0.3, 0.4) is 0 Å². The van der Waals surface area contributed by atoms with Crippen LogP contribution in [-0.4, -0.2) is 15.5 Å². The zero-order valence-electron chi connectivity index (χ0n) is 11.7.